The smallest absolute Gasteiger partial charge is 0.226 e. The summed E-state index contributed by atoms with van der Waals surface area (Å²) in [6, 6.07) is 10.6. The Balaban J connectivity index is 1.76. The quantitative estimate of drug-likeness (QED) is 0.736. The van der Waals surface area contributed by atoms with E-state index in [0.29, 0.717) is 0 Å². The molecule has 3 rings (SSSR count). The standard InChI is InChI=1S/C17H14F2N2OS/c18-12-5-6-14(13(19)10-12)20-17(22)11-15(16-4-3-9-23-16)21-7-1-2-8-21/h1-10,15H,11H2,(H,20,22)/t15-/m1/s1. The molecule has 0 bridgehead atoms. The first-order valence-electron chi connectivity index (χ1n) is 7.04. The highest BCUT2D eigenvalue weighted by Crippen LogP contribution is 2.27. The molecule has 0 aliphatic rings. The summed E-state index contributed by atoms with van der Waals surface area (Å²) in [6.45, 7) is 0. The van der Waals surface area contributed by atoms with Crippen LogP contribution in [-0.4, -0.2) is 10.5 Å². The second-order valence-corrected chi connectivity index (χ2v) is 6.02. The number of carbonyl (C=O) groups is 1. The molecule has 0 fully saturated rings. The zero-order valence-electron chi connectivity index (χ0n) is 12.1. The Morgan fingerprint density at radius 2 is 1.96 bits per heavy atom. The number of nitrogens with one attached hydrogen (secondary N) is 1. The van der Waals surface area contributed by atoms with Crippen molar-refractivity contribution in [1.29, 1.82) is 0 Å². The highest BCUT2D eigenvalue weighted by molar-refractivity contribution is 7.10. The fraction of sp³-hybridized carbons (Fsp3) is 0.118. The molecule has 0 spiro atoms. The van der Waals surface area contributed by atoms with Crippen molar-refractivity contribution in [3.8, 4) is 0 Å². The molecule has 0 unspecified atom stereocenters. The number of aromatic nitrogens is 1. The van der Waals surface area contributed by atoms with E-state index in [1.807, 2.05) is 46.6 Å². The first-order valence-corrected chi connectivity index (χ1v) is 7.92. The van der Waals surface area contributed by atoms with E-state index < -0.39 is 11.6 Å². The highest BCUT2D eigenvalue weighted by Gasteiger charge is 2.19. The van der Waals surface area contributed by atoms with Crippen molar-refractivity contribution >= 4 is 22.9 Å². The van der Waals surface area contributed by atoms with E-state index in [-0.39, 0.29) is 24.1 Å². The number of amides is 1. The van der Waals surface area contributed by atoms with E-state index in [1.54, 1.807) is 11.3 Å². The van der Waals surface area contributed by atoms with Gasteiger partial charge in [0.15, 0.2) is 0 Å². The maximum Gasteiger partial charge on any atom is 0.226 e. The van der Waals surface area contributed by atoms with Gasteiger partial charge in [0.2, 0.25) is 5.91 Å². The summed E-state index contributed by atoms with van der Waals surface area (Å²) in [4.78, 5) is 13.3. The van der Waals surface area contributed by atoms with Gasteiger partial charge >= 0.3 is 0 Å². The first-order chi connectivity index (χ1) is 11.1. The monoisotopic (exact) mass is 332 g/mol. The van der Waals surface area contributed by atoms with Gasteiger partial charge in [0.05, 0.1) is 18.2 Å². The minimum atomic E-state index is -0.785. The highest BCUT2D eigenvalue weighted by atomic mass is 32.1. The molecule has 1 atom stereocenters. The van der Waals surface area contributed by atoms with E-state index in [0.717, 1.165) is 17.0 Å². The molecule has 3 nitrogen and oxygen atoms in total. The predicted molar refractivity (Wildman–Crippen MR) is 86.5 cm³/mol. The van der Waals surface area contributed by atoms with Gasteiger partial charge in [0.1, 0.15) is 11.6 Å². The van der Waals surface area contributed by atoms with Crippen LogP contribution in [0.4, 0.5) is 14.5 Å². The molecule has 2 heterocycles. The summed E-state index contributed by atoms with van der Waals surface area (Å²) < 4.78 is 28.5. The lowest BCUT2D eigenvalue weighted by molar-refractivity contribution is -0.116. The molecule has 23 heavy (non-hydrogen) atoms. The van der Waals surface area contributed by atoms with Crippen LogP contribution in [0.25, 0.3) is 0 Å². The van der Waals surface area contributed by atoms with Crippen molar-refractivity contribution in [2.75, 3.05) is 5.32 Å². The average molecular weight is 332 g/mol. The van der Waals surface area contributed by atoms with Gasteiger partial charge in [-0.2, -0.15) is 0 Å². The number of hydrogen-bond donors (Lipinski definition) is 1. The van der Waals surface area contributed by atoms with Gasteiger partial charge < -0.3 is 9.88 Å². The average Bonchev–Trinajstić information content (AvgIpc) is 3.21. The Morgan fingerprint density at radius 3 is 2.61 bits per heavy atom. The third-order valence-corrected chi connectivity index (χ3v) is 4.42. The fourth-order valence-electron chi connectivity index (χ4n) is 2.36. The molecule has 118 valence electrons. The molecule has 2 aromatic heterocycles. The van der Waals surface area contributed by atoms with Crippen molar-refractivity contribution in [2.45, 2.75) is 12.5 Å². The van der Waals surface area contributed by atoms with Crippen LogP contribution in [0.2, 0.25) is 0 Å². The van der Waals surface area contributed by atoms with E-state index >= 15 is 0 Å². The molecule has 1 amide bonds. The Bertz CT molecular complexity index is 751. The minimum absolute atomic E-state index is 0.0196. The maximum atomic E-state index is 13.6. The number of benzene rings is 1. The lowest BCUT2D eigenvalue weighted by Crippen LogP contribution is -2.19. The van der Waals surface area contributed by atoms with Crippen molar-refractivity contribution in [2.24, 2.45) is 0 Å². The van der Waals surface area contributed by atoms with Crippen LogP contribution in [0, 0.1) is 11.6 Å². The normalized spacial score (nSPS) is 12.1. The number of hydrogen-bond acceptors (Lipinski definition) is 2. The van der Waals surface area contributed by atoms with Crippen LogP contribution < -0.4 is 5.32 Å². The minimum Gasteiger partial charge on any atom is -0.346 e. The van der Waals surface area contributed by atoms with E-state index in [4.69, 9.17) is 0 Å². The number of halogens is 2. The number of anilines is 1. The fourth-order valence-corrected chi connectivity index (χ4v) is 3.19. The summed E-state index contributed by atoms with van der Waals surface area (Å²) in [6.07, 6.45) is 3.93. The Hall–Kier alpha value is -2.47. The van der Waals surface area contributed by atoms with E-state index in [1.165, 1.54) is 6.07 Å². The first kappa shape index (κ1) is 15.4. The predicted octanol–water partition coefficient (Wildman–Crippen LogP) is 4.45. The molecule has 0 radical (unpaired) electrons. The molecular formula is C17H14F2N2OS. The lowest BCUT2D eigenvalue weighted by atomic mass is 10.1. The van der Waals surface area contributed by atoms with E-state index in [2.05, 4.69) is 5.32 Å². The number of nitrogens with zero attached hydrogens (tertiary/aromatic N) is 1. The summed E-state index contributed by atoms with van der Waals surface area (Å²) in [5, 5.41) is 4.45. The molecule has 0 aliphatic heterocycles. The third-order valence-electron chi connectivity index (χ3n) is 3.44. The molecule has 6 heteroatoms. The topological polar surface area (TPSA) is 34.0 Å². The van der Waals surface area contributed by atoms with Crippen molar-refractivity contribution in [3.63, 3.8) is 0 Å². The van der Waals surface area contributed by atoms with Gasteiger partial charge in [-0.3, -0.25) is 4.79 Å². The second-order valence-electron chi connectivity index (χ2n) is 5.04. The van der Waals surface area contributed by atoms with E-state index in [9.17, 15) is 13.6 Å². The Morgan fingerprint density at radius 1 is 1.17 bits per heavy atom. The zero-order valence-corrected chi connectivity index (χ0v) is 12.9. The molecule has 0 saturated carbocycles. The van der Waals surface area contributed by atoms with Gasteiger partial charge in [0.25, 0.3) is 0 Å². The summed E-state index contributed by atoms with van der Waals surface area (Å²) in [5.41, 5.74) is -0.0196. The maximum absolute atomic E-state index is 13.6. The Kier molecular flexibility index (Phi) is 4.52. The van der Waals surface area contributed by atoms with Gasteiger partial charge in [0, 0.05) is 23.3 Å². The van der Waals surface area contributed by atoms with Crippen LogP contribution in [0.3, 0.4) is 0 Å². The van der Waals surface area contributed by atoms with Gasteiger partial charge in [-0.05, 0) is 35.7 Å². The van der Waals surface area contributed by atoms with Crippen molar-refractivity contribution in [3.05, 3.63) is 76.7 Å². The summed E-state index contributed by atoms with van der Waals surface area (Å²) in [5.74, 6) is -1.79. The SMILES string of the molecule is O=C(C[C@H](c1cccs1)n1cccc1)Nc1ccc(F)cc1F. The van der Waals surface area contributed by atoms with Crippen molar-refractivity contribution in [1.82, 2.24) is 4.57 Å². The second kappa shape index (κ2) is 6.75. The third kappa shape index (κ3) is 3.65. The van der Waals surface area contributed by atoms with Crippen LogP contribution in [0.15, 0.2) is 60.2 Å². The number of thiophene rings is 1. The van der Waals surface area contributed by atoms with Gasteiger partial charge in [-0.1, -0.05) is 6.07 Å². The Labute approximate surface area is 136 Å². The molecule has 0 saturated heterocycles. The largest absolute Gasteiger partial charge is 0.346 e. The summed E-state index contributed by atoms with van der Waals surface area (Å²) >= 11 is 1.56. The molecule has 0 aliphatic carbocycles. The lowest BCUT2D eigenvalue weighted by Gasteiger charge is -2.17. The number of carbonyl (C=O) groups excluding carboxylic acids is 1. The van der Waals surface area contributed by atoms with Crippen LogP contribution in [-0.2, 0) is 4.79 Å². The van der Waals surface area contributed by atoms with Crippen LogP contribution >= 0.6 is 11.3 Å². The number of rotatable bonds is 5. The van der Waals surface area contributed by atoms with Crippen LogP contribution in [0.1, 0.15) is 17.3 Å². The molecule has 1 N–H and O–H groups in total. The molecule has 1 aromatic carbocycles. The van der Waals surface area contributed by atoms with Gasteiger partial charge in [-0.15, -0.1) is 11.3 Å². The van der Waals surface area contributed by atoms with Crippen molar-refractivity contribution < 1.29 is 13.6 Å². The zero-order chi connectivity index (χ0) is 16.2. The van der Waals surface area contributed by atoms with Gasteiger partial charge in [-0.25, -0.2) is 8.78 Å². The van der Waals surface area contributed by atoms with Crippen LogP contribution in [0.5, 0.6) is 0 Å². The summed E-state index contributed by atoms with van der Waals surface area (Å²) in [7, 11) is 0. The molecule has 3 aromatic rings. The molecular weight excluding hydrogens is 318 g/mol.